The van der Waals surface area contributed by atoms with E-state index in [2.05, 4.69) is 0 Å². The maximum atomic E-state index is 12.3. The molecule has 0 aromatic heterocycles. The minimum Gasteiger partial charge on any atom is -0.368 e. The molecule has 136 valence electrons. The Morgan fingerprint density at radius 2 is 1.80 bits per heavy atom. The number of carbonyl (C=O) groups is 1. The summed E-state index contributed by atoms with van der Waals surface area (Å²) in [6.45, 7) is 2.48. The highest BCUT2D eigenvalue weighted by Gasteiger charge is 2.26. The summed E-state index contributed by atoms with van der Waals surface area (Å²) in [5.74, 6) is 0.0211. The first-order valence-electron chi connectivity index (χ1n) is 9.03. The molecule has 0 unspecified atom stereocenters. The molecule has 25 heavy (non-hydrogen) atoms. The second-order valence-electron chi connectivity index (χ2n) is 6.68. The lowest BCUT2D eigenvalue weighted by molar-refractivity contribution is -0.384. The standard InChI is InChI=1S/C18H25N3O4/c22-18(14-25-15-6-2-1-3-7-15)20-12-10-19(11-13-20)16-8-4-5-9-17(16)21(23)24/h4-5,8-9,15H,1-3,6-7,10-14H2. The molecule has 3 rings (SSSR count). The van der Waals surface area contributed by atoms with E-state index in [0.717, 1.165) is 12.8 Å². The van der Waals surface area contributed by atoms with Crippen LogP contribution in [-0.4, -0.2) is 54.6 Å². The lowest BCUT2D eigenvalue weighted by Gasteiger charge is -2.36. The number of para-hydroxylation sites is 2. The van der Waals surface area contributed by atoms with Gasteiger partial charge >= 0.3 is 0 Å². The zero-order valence-electron chi connectivity index (χ0n) is 14.4. The molecule has 2 aliphatic rings. The Kier molecular flexibility index (Phi) is 5.86. The van der Waals surface area contributed by atoms with Crippen LogP contribution in [0.25, 0.3) is 0 Å². The smallest absolute Gasteiger partial charge is 0.292 e. The first-order valence-corrected chi connectivity index (χ1v) is 9.03. The minimum atomic E-state index is -0.356. The van der Waals surface area contributed by atoms with Crippen LogP contribution in [0.1, 0.15) is 32.1 Å². The predicted molar refractivity (Wildman–Crippen MR) is 94.7 cm³/mol. The van der Waals surface area contributed by atoms with Crippen LogP contribution < -0.4 is 4.90 Å². The van der Waals surface area contributed by atoms with Crippen molar-refractivity contribution < 1.29 is 14.5 Å². The maximum absolute atomic E-state index is 12.3. The Hall–Kier alpha value is -2.15. The quantitative estimate of drug-likeness (QED) is 0.604. The molecule has 2 fully saturated rings. The molecule has 1 aliphatic carbocycles. The van der Waals surface area contributed by atoms with Gasteiger partial charge in [0.25, 0.3) is 5.69 Å². The molecule has 0 radical (unpaired) electrons. The molecule has 1 aliphatic heterocycles. The highest BCUT2D eigenvalue weighted by Crippen LogP contribution is 2.28. The fourth-order valence-electron chi connectivity index (χ4n) is 3.59. The van der Waals surface area contributed by atoms with Gasteiger partial charge in [-0.15, -0.1) is 0 Å². The lowest BCUT2D eigenvalue weighted by Crippen LogP contribution is -2.50. The van der Waals surface area contributed by atoms with Gasteiger partial charge in [-0.05, 0) is 18.9 Å². The van der Waals surface area contributed by atoms with E-state index >= 15 is 0 Å². The van der Waals surface area contributed by atoms with Crippen LogP contribution in [0.2, 0.25) is 0 Å². The number of hydrogen-bond donors (Lipinski definition) is 0. The third-order valence-corrected chi connectivity index (χ3v) is 5.05. The molecule has 1 aromatic rings. The van der Waals surface area contributed by atoms with Crippen LogP contribution in [0.15, 0.2) is 24.3 Å². The van der Waals surface area contributed by atoms with Gasteiger partial charge in [0.1, 0.15) is 12.3 Å². The van der Waals surface area contributed by atoms with Gasteiger partial charge in [-0.25, -0.2) is 0 Å². The monoisotopic (exact) mass is 347 g/mol. The average molecular weight is 347 g/mol. The van der Waals surface area contributed by atoms with Crippen LogP contribution in [0, 0.1) is 10.1 Å². The van der Waals surface area contributed by atoms with Gasteiger partial charge in [-0.3, -0.25) is 14.9 Å². The maximum Gasteiger partial charge on any atom is 0.292 e. The molecule has 7 heteroatoms. The molecule has 7 nitrogen and oxygen atoms in total. The summed E-state index contributed by atoms with van der Waals surface area (Å²) in [5.41, 5.74) is 0.737. The van der Waals surface area contributed by atoms with Gasteiger partial charge in [-0.1, -0.05) is 31.4 Å². The van der Waals surface area contributed by atoms with E-state index in [4.69, 9.17) is 4.74 Å². The third kappa shape index (κ3) is 4.48. The van der Waals surface area contributed by atoms with Crippen LogP contribution in [-0.2, 0) is 9.53 Å². The number of amides is 1. The van der Waals surface area contributed by atoms with E-state index in [0.29, 0.717) is 31.9 Å². The second kappa shape index (κ2) is 8.29. The summed E-state index contributed by atoms with van der Waals surface area (Å²) in [6.07, 6.45) is 5.98. The predicted octanol–water partition coefficient (Wildman–Crippen LogP) is 2.59. The van der Waals surface area contributed by atoms with E-state index < -0.39 is 0 Å². The fraction of sp³-hybridized carbons (Fsp3) is 0.611. The number of hydrogen-bond acceptors (Lipinski definition) is 5. The van der Waals surface area contributed by atoms with E-state index in [1.54, 1.807) is 23.1 Å². The molecule has 0 bridgehead atoms. The Labute approximate surface area is 147 Å². The van der Waals surface area contributed by atoms with Gasteiger partial charge in [-0.2, -0.15) is 0 Å². The van der Waals surface area contributed by atoms with Gasteiger partial charge in [0, 0.05) is 32.2 Å². The summed E-state index contributed by atoms with van der Waals surface area (Å²) < 4.78 is 5.77. The van der Waals surface area contributed by atoms with E-state index in [1.807, 2.05) is 4.90 Å². The molecular weight excluding hydrogens is 322 g/mol. The van der Waals surface area contributed by atoms with Crippen LogP contribution in [0.5, 0.6) is 0 Å². The van der Waals surface area contributed by atoms with Gasteiger partial charge in [0.2, 0.25) is 5.91 Å². The van der Waals surface area contributed by atoms with Crippen molar-refractivity contribution >= 4 is 17.3 Å². The summed E-state index contributed by atoms with van der Waals surface area (Å²) in [5, 5.41) is 11.2. The molecule has 1 saturated heterocycles. The van der Waals surface area contributed by atoms with Crippen molar-refractivity contribution in [2.24, 2.45) is 0 Å². The number of nitro groups is 1. The van der Waals surface area contributed by atoms with Crippen molar-refractivity contribution in [3.8, 4) is 0 Å². The van der Waals surface area contributed by atoms with Crippen molar-refractivity contribution in [2.75, 3.05) is 37.7 Å². The second-order valence-corrected chi connectivity index (χ2v) is 6.68. The van der Waals surface area contributed by atoms with Crippen molar-refractivity contribution in [3.63, 3.8) is 0 Å². The zero-order valence-corrected chi connectivity index (χ0v) is 14.4. The molecular formula is C18H25N3O4. The van der Waals surface area contributed by atoms with E-state index in [-0.39, 0.29) is 29.2 Å². The number of rotatable bonds is 5. The zero-order chi connectivity index (χ0) is 17.6. The molecule has 0 N–H and O–H groups in total. The first-order chi connectivity index (χ1) is 12.1. The number of benzene rings is 1. The summed E-state index contributed by atoms with van der Waals surface area (Å²) in [7, 11) is 0. The molecule has 0 spiro atoms. The number of nitro benzene ring substituents is 1. The Balaban J connectivity index is 1.50. The Bertz CT molecular complexity index is 608. The molecule has 1 heterocycles. The van der Waals surface area contributed by atoms with Crippen molar-refractivity contribution in [3.05, 3.63) is 34.4 Å². The highest BCUT2D eigenvalue weighted by atomic mass is 16.6. The van der Waals surface area contributed by atoms with Crippen molar-refractivity contribution in [1.29, 1.82) is 0 Å². The van der Waals surface area contributed by atoms with Crippen molar-refractivity contribution in [1.82, 2.24) is 4.90 Å². The van der Waals surface area contributed by atoms with Crippen molar-refractivity contribution in [2.45, 2.75) is 38.2 Å². The highest BCUT2D eigenvalue weighted by molar-refractivity contribution is 5.78. The van der Waals surface area contributed by atoms with Gasteiger partial charge in [0.15, 0.2) is 0 Å². The lowest BCUT2D eigenvalue weighted by atomic mass is 9.98. The topological polar surface area (TPSA) is 75.9 Å². The number of anilines is 1. The number of carbonyl (C=O) groups excluding carboxylic acids is 1. The van der Waals surface area contributed by atoms with E-state index in [1.165, 1.54) is 25.3 Å². The van der Waals surface area contributed by atoms with Crippen LogP contribution >= 0.6 is 0 Å². The Morgan fingerprint density at radius 1 is 1.12 bits per heavy atom. The largest absolute Gasteiger partial charge is 0.368 e. The fourth-order valence-corrected chi connectivity index (χ4v) is 3.59. The average Bonchev–Trinajstić information content (AvgIpc) is 2.67. The molecule has 1 aromatic carbocycles. The molecule has 1 saturated carbocycles. The third-order valence-electron chi connectivity index (χ3n) is 5.05. The van der Waals surface area contributed by atoms with Gasteiger partial charge in [0.05, 0.1) is 11.0 Å². The first kappa shape index (κ1) is 17.7. The summed E-state index contributed by atoms with van der Waals surface area (Å²) in [4.78, 5) is 26.9. The Morgan fingerprint density at radius 3 is 2.48 bits per heavy atom. The normalized spacial score (nSPS) is 19.0. The van der Waals surface area contributed by atoms with E-state index in [9.17, 15) is 14.9 Å². The summed E-state index contributed by atoms with van der Waals surface area (Å²) >= 11 is 0. The number of nitrogens with zero attached hydrogens (tertiary/aromatic N) is 3. The number of ether oxygens (including phenoxy) is 1. The van der Waals surface area contributed by atoms with Crippen LogP contribution in [0.4, 0.5) is 11.4 Å². The van der Waals surface area contributed by atoms with Crippen LogP contribution in [0.3, 0.4) is 0 Å². The van der Waals surface area contributed by atoms with Gasteiger partial charge < -0.3 is 14.5 Å². The molecule has 0 atom stereocenters. The number of piperazine rings is 1. The molecule has 1 amide bonds. The summed E-state index contributed by atoms with van der Waals surface area (Å²) in [6, 6.07) is 6.76. The SMILES string of the molecule is O=C(COC1CCCCC1)N1CCN(c2ccccc2[N+](=O)[O-])CC1. The minimum absolute atomic E-state index is 0.0211.